The molecule has 2 amide bonds. The number of hydrogen-bond donors (Lipinski definition) is 1. The fourth-order valence-electron chi connectivity index (χ4n) is 2.98. The van der Waals surface area contributed by atoms with Crippen molar-refractivity contribution in [1.82, 2.24) is 4.90 Å². The molecule has 8 heteroatoms. The minimum absolute atomic E-state index is 0.0830. The van der Waals surface area contributed by atoms with Gasteiger partial charge in [-0.15, -0.1) is 0 Å². The first-order valence-corrected chi connectivity index (χ1v) is 9.55. The number of rotatable bonds is 3. The van der Waals surface area contributed by atoms with E-state index in [0.717, 1.165) is 5.69 Å². The fourth-order valence-corrected chi connectivity index (χ4v) is 3.77. The van der Waals surface area contributed by atoms with Crippen LogP contribution in [0.3, 0.4) is 0 Å². The van der Waals surface area contributed by atoms with E-state index in [1.54, 1.807) is 31.2 Å². The van der Waals surface area contributed by atoms with Crippen LogP contribution >= 0.6 is 34.8 Å². The number of hydrogen-bond acceptors (Lipinski definition) is 3. The molecule has 1 fully saturated rings. The lowest BCUT2D eigenvalue weighted by Crippen LogP contribution is -2.48. The molecule has 2 aromatic rings. The minimum Gasteiger partial charge on any atom is -0.367 e. The summed E-state index contributed by atoms with van der Waals surface area (Å²) in [4.78, 5) is 27.8. The zero-order valence-corrected chi connectivity index (χ0v) is 16.9. The Labute approximate surface area is 172 Å². The van der Waals surface area contributed by atoms with Gasteiger partial charge in [0.25, 0.3) is 5.91 Å². The second-order valence-electron chi connectivity index (χ2n) is 6.24. The Morgan fingerprint density at radius 2 is 1.63 bits per heavy atom. The molecule has 1 aliphatic heterocycles. The molecule has 2 aromatic carbocycles. The van der Waals surface area contributed by atoms with Crippen molar-refractivity contribution in [2.75, 3.05) is 36.4 Å². The summed E-state index contributed by atoms with van der Waals surface area (Å²) in [5.41, 5.74) is 1.78. The lowest BCUT2D eigenvalue weighted by atomic mass is 10.2. The van der Waals surface area contributed by atoms with Crippen LogP contribution in [0.25, 0.3) is 0 Å². The van der Waals surface area contributed by atoms with Crippen LogP contribution in [-0.2, 0) is 4.79 Å². The van der Waals surface area contributed by atoms with Crippen molar-refractivity contribution in [2.24, 2.45) is 0 Å². The number of halogens is 3. The summed E-state index contributed by atoms with van der Waals surface area (Å²) < 4.78 is 0. The summed E-state index contributed by atoms with van der Waals surface area (Å²) in [7, 11) is 0. The number of nitrogens with one attached hydrogen (secondary N) is 1. The average Bonchev–Trinajstić information content (AvgIpc) is 2.62. The lowest BCUT2D eigenvalue weighted by Gasteiger charge is -2.36. The van der Waals surface area contributed by atoms with Gasteiger partial charge in [-0.25, -0.2) is 0 Å². The molecule has 0 spiro atoms. The molecule has 1 heterocycles. The highest BCUT2D eigenvalue weighted by molar-refractivity contribution is 6.37. The van der Waals surface area contributed by atoms with E-state index in [1.807, 2.05) is 11.0 Å². The zero-order valence-electron chi connectivity index (χ0n) is 14.6. The quantitative estimate of drug-likeness (QED) is 0.782. The van der Waals surface area contributed by atoms with Crippen LogP contribution in [0.1, 0.15) is 17.3 Å². The third-order valence-corrected chi connectivity index (χ3v) is 5.30. The van der Waals surface area contributed by atoms with Crippen LogP contribution in [0.2, 0.25) is 15.1 Å². The largest absolute Gasteiger partial charge is 0.367 e. The van der Waals surface area contributed by atoms with Gasteiger partial charge in [0.05, 0.1) is 21.3 Å². The maximum absolute atomic E-state index is 12.4. The third-order valence-electron chi connectivity index (χ3n) is 4.45. The van der Waals surface area contributed by atoms with Crippen molar-refractivity contribution in [1.29, 1.82) is 0 Å². The van der Waals surface area contributed by atoms with Gasteiger partial charge >= 0.3 is 0 Å². The van der Waals surface area contributed by atoms with E-state index < -0.39 is 0 Å². The molecule has 0 atom stereocenters. The summed E-state index contributed by atoms with van der Waals surface area (Å²) in [5, 5.41) is 4.07. The van der Waals surface area contributed by atoms with Gasteiger partial charge in [0.15, 0.2) is 0 Å². The van der Waals surface area contributed by atoms with Gasteiger partial charge in [0.2, 0.25) is 5.91 Å². The number of carbonyl (C=O) groups excluding carboxylic acids is 2. The predicted molar refractivity (Wildman–Crippen MR) is 110 cm³/mol. The van der Waals surface area contributed by atoms with Crippen molar-refractivity contribution in [2.45, 2.75) is 6.92 Å². The van der Waals surface area contributed by atoms with Crippen molar-refractivity contribution in [3.8, 4) is 0 Å². The Kier molecular flexibility index (Phi) is 6.15. The molecule has 5 nitrogen and oxygen atoms in total. The molecule has 1 aliphatic rings. The molecule has 0 saturated carbocycles. The van der Waals surface area contributed by atoms with Gasteiger partial charge in [0.1, 0.15) is 0 Å². The van der Waals surface area contributed by atoms with E-state index in [9.17, 15) is 9.59 Å². The number of anilines is 2. The number of nitrogens with zero attached hydrogens (tertiary/aromatic N) is 2. The summed E-state index contributed by atoms with van der Waals surface area (Å²) in [6.07, 6.45) is 0. The normalized spacial score (nSPS) is 14.2. The highest BCUT2D eigenvalue weighted by Gasteiger charge is 2.20. The van der Waals surface area contributed by atoms with Gasteiger partial charge in [-0.1, -0.05) is 34.8 Å². The molecule has 0 aromatic heterocycles. The van der Waals surface area contributed by atoms with Crippen LogP contribution in [0, 0.1) is 0 Å². The van der Waals surface area contributed by atoms with Gasteiger partial charge in [-0.2, -0.15) is 0 Å². The van der Waals surface area contributed by atoms with Crippen LogP contribution in [0.15, 0.2) is 36.4 Å². The van der Waals surface area contributed by atoms with Gasteiger partial charge in [0, 0.05) is 43.8 Å². The molecule has 27 heavy (non-hydrogen) atoms. The Bertz CT molecular complexity index is 880. The topological polar surface area (TPSA) is 52.7 Å². The Balaban J connectivity index is 1.70. The second kappa shape index (κ2) is 8.38. The molecule has 0 bridgehead atoms. The Morgan fingerprint density at radius 1 is 0.926 bits per heavy atom. The molecule has 0 aliphatic carbocycles. The number of piperazine rings is 1. The molecular formula is C19H18Cl3N3O2. The molecule has 3 rings (SSSR count). The third kappa shape index (κ3) is 4.67. The van der Waals surface area contributed by atoms with E-state index in [0.29, 0.717) is 47.5 Å². The zero-order chi connectivity index (χ0) is 19.6. The first-order chi connectivity index (χ1) is 12.8. The van der Waals surface area contributed by atoms with Gasteiger partial charge in [-0.05, 0) is 36.4 Å². The highest BCUT2D eigenvalue weighted by atomic mass is 35.5. The summed E-state index contributed by atoms with van der Waals surface area (Å²) in [6, 6.07) is 10.1. The van der Waals surface area contributed by atoms with Crippen molar-refractivity contribution in [3.63, 3.8) is 0 Å². The summed E-state index contributed by atoms with van der Waals surface area (Å²) >= 11 is 18.4. The van der Waals surface area contributed by atoms with Crippen LogP contribution in [0.5, 0.6) is 0 Å². The molecule has 0 radical (unpaired) electrons. The maximum atomic E-state index is 12.4. The van der Waals surface area contributed by atoms with Crippen LogP contribution in [0.4, 0.5) is 11.4 Å². The van der Waals surface area contributed by atoms with Crippen LogP contribution < -0.4 is 10.2 Å². The minimum atomic E-state index is -0.337. The van der Waals surface area contributed by atoms with E-state index in [1.165, 1.54) is 6.07 Å². The van der Waals surface area contributed by atoms with E-state index in [4.69, 9.17) is 34.8 Å². The lowest BCUT2D eigenvalue weighted by molar-refractivity contribution is -0.129. The van der Waals surface area contributed by atoms with E-state index >= 15 is 0 Å². The standard InChI is InChI=1S/C19H18Cl3N3O2/c1-12(26)24-6-8-25(9-7-24)18-5-3-14(11-17(18)22)23-19(27)15-4-2-13(20)10-16(15)21/h2-5,10-11H,6-9H2,1H3,(H,23,27). The second-order valence-corrected chi connectivity index (χ2v) is 7.49. The molecule has 1 N–H and O–H groups in total. The van der Waals surface area contributed by atoms with E-state index in [-0.39, 0.29) is 16.8 Å². The van der Waals surface area contributed by atoms with Crippen molar-refractivity contribution in [3.05, 3.63) is 57.0 Å². The summed E-state index contributed by atoms with van der Waals surface area (Å²) in [5.74, 6) is -0.254. The molecule has 1 saturated heterocycles. The van der Waals surface area contributed by atoms with E-state index in [2.05, 4.69) is 10.2 Å². The predicted octanol–water partition coefficient (Wildman–Crippen LogP) is 4.57. The van der Waals surface area contributed by atoms with Gasteiger partial charge in [-0.3, -0.25) is 9.59 Å². The highest BCUT2D eigenvalue weighted by Crippen LogP contribution is 2.30. The van der Waals surface area contributed by atoms with Gasteiger partial charge < -0.3 is 15.1 Å². The van der Waals surface area contributed by atoms with Crippen molar-refractivity contribution < 1.29 is 9.59 Å². The molecule has 0 unspecified atom stereocenters. The number of carbonyl (C=O) groups is 2. The first-order valence-electron chi connectivity index (χ1n) is 8.41. The average molecular weight is 427 g/mol. The Hall–Kier alpha value is -1.95. The molecule has 142 valence electrons. The monoisotopic (exact) mass is 425 g/mol. The number of benzene rings is 2. The number of amides is 2. The SMILES string of the molecule is CC(=O)N1CCN(c2ccc(NC(=O)c3ccc(Cl)cc3Cl)cc2Cl)CC1. The maximum Gasteiger partial charge on any atom is 0.257 e. The Morgan fingerprint density at radius 3 is 2.22 bits per heavy atom. The summed E-state index contributed by atoms with van der Waals surface area (Å²) in [6.45, 7) is 4.34. The first kappa shape index (κ1) is 19.8. The smallest absolute Gasteiger partial charge is 0.257 e. The van der Waals surface area contributed by atoms with Crippen LogP contribution in [-0.4, -0.2) is 42.9 Å². The molecular weight excluding hydrogens is 409 g/mol. The van der Waals surface area contributed by atoms with Crippen molar-refractivity contribution >= 4 is 58.0 Å². The fraction of sp³-hybridized carbons (Fsp3) is 0.263.